The van der Waals surface area contributed by atoms with Gasteiger partial charge in [0, 0.05) is 0 Å². The molecule has 2 saturated carbocycles. The molecule has 0 heterocycles. The van der Waals surface area contributed by atoms with Crippen molar-refractivity contribution in [1.82, 2.24) is 0 Å². The third-order valence-electron chi connectivity index (χ3n) is 4.38. The summed E-state index contributed by atoms with van der Waals surface area (Å²) in [6, 6.07) is 2.16. The van der Waals surface area contributed by atoms with Crippen LogP contribution in [0.2, 0.25) is 0 Å². The van der Waals surface area contributed by atoms with Crippen LogP contribution < -0.4 is 0 Å². The summed E-state index contributed by atoms with van der Waals surface area (Å²) < 4.78 is 49.2. The van der Waals surface area contributed by atoms with Crippen LogP contribution in [0.15, 0.2) is 23.1 Å². The van der Waals surface area contributed by atoms with Gasteiger partial charge in [0.05, 0.1) is 4.90 Å². The van der Waals surface area contributed by atoms with Crippen LogP contribution in [0, 0.1) is 17.0 Å². The van der Waals surface area contributed by atoms with E-state index in [4.69, 9.17) is 0 Å². The van der Waals surface area contributed by atoms with Crippen LogP contribution in [-0.2, 0) is 14.6 Å². The molecule has 1 N–H and O–H groups in total. The molecule has 0 radical (unpaired) electrons. The maximum Gasteiger partial charge on any atom is 0.325 e. The Morgan fingerprint density at radius 1 is 1.15 bits per heavy atom. The Labute approximate surface area is 114 Å². The smallest absolute Gasteiger partial charge is 0.325 e. The maximum atomic E-state index is 13.2. The van der Waals surface area contributed by atoms with Crippen LogP contribution in [-0.4, -0.2) is 24.2 Å². The van der Waals surface area contributed by atoms with Gasteiger partial charge < -0.3 is 5.11 Å². The van der Waals surface area contributed by atoms with Gasteiger partial charge in [0.15, 0.2) is 26.2 Å². The average Bonchev–Trinajstić information content (AvgIpc) is 3.09. The predicted octanol–water partition coefficient (Wildman–Crippen LogP) is 2.14. The fourth-order valence-corrected chi connectivity index (χ4v) is 5.20. The number of carboxylic acid groups (broad SMARTS) is 1. The standard InChI is InChI=1S/C13H12F2O4S/c14-9-2-1-8(5-10(9)15)20(18,19)13(11(16)17)6-12(7-13)3-4-12/h1-2,5H,3-4,6-7H2,(H,16,17). The van der Waals surface area contributed by atoms with Crippen LogP contribution in [0.1, 0.15) is 25.7 Å². The number of rotatable bonds is 3. The van der Waals surface area contributed by atoms with E-state index < -0.39 is 37.1 Å². The fourth-order valence-electron chi connectivity index (χ4n) is 3.02. The molecule has 108 valence electrons. The summed E-state index contributed by atoms with van der Waals surface area (Å²) in [6.07, 6.45) is 1.76. The number of carboxylic acids is 1. The Hall–Kier alpha value is -1.50. The van der Waals surface area contributed by atoms with Crippen molar-refractivity contribution in [2.24, 2.45) is 5.41 Å². The summed E-state index contributed by atoms with van der Waals surface area (Å²) >= 11 is 0. The lowest BCUT2D eigenvalue weighted by Gasteiger charge is -2.44. The molecule has 4 nitrogen and oxygen atoms in total. The van der Waals surface area contributed by atoms with Gasteiger partial charge in [-0.05, 0) is 49.3 Å². The van der Waals surface area contributed by atoms with Crippen LogP contribution >= 0.6 is 0 Å². The maximum absolute atomic E-state index is 13.2. The molecule has 0 aromatic heterocycles. The monoisotopic (exact) mass is 302 g/mol. The van der Waals surface area contributed by atoms with Crippen molar-refractivity contribution in [3.8, 4) is 0 Å². The number of sulfone groups is 1. The molecule has 2 aliphatic rings. The second kappa shape index (κ2) is 3.78. The largest absolute Gasteiger partial charge is 0.480 e. The fraction of sp³-hybridized carbons (Fsp3) is 0.462. The van der Waals surface area contributed by atoms with Gasteiger partial charge in [-0.15, -0.1) is 0 Å². The zero-order valence-corrected chi connectivity index (χ0v) is 11.2. The molecule has 1 aromatic carbocycles. The minimum atomic E-state index is -4.24. The van der Waals surface area contributed by atoms with Crippen molar-refractivity contribution in [1.29, 1.82) is 0 Å². The average molecular weight is 302 g/mol. The molecule has 7 heteroatoms. The number of benzene rings is 1. The summed E-state index contributed by atoms with van der Waals surface area (Å²) in [4.78, 5) is 11.0. The van der Waals surface area contributed by atoms with E-state index >= 15 is 0 Å². The van der Waals surface area contributed by atoms with Gasteiger partial charge in [-0.3, -0.25) is 4.79 Å². The molecule has 20 heavy (non-hydrogen) atoms. The topological polar surface area (TPSA) is 71.4 Å². The highest BCUT2D eigenvalue weighted by Crippen LogP contribution is 2.67. The molecule has 0 unspecified atom stereocenters. The molecule has 1 aromatic rings. The molecule has 0 amide bonds. The second-order valence-electron chi connectivity index (χ2n) is 5.73. The first kappa shape index (κ1) is 13.5. The summed E-state index contributed by atoms with van der Waals surface area (Å²) in [5.41, 5.74) is -0.163. The Morgan fingerprint density at radius 3 is 2.20 bits per heavy atom. The summed E-state index contributed by atoms with van der Waals surface area (Å²) in [5.74, 6) is -3.88. The first-order valence-corrected chi connectivity index (χ1v) is 7.64. The molecule has 0 atom stereocenters. The van der Waals surface area contributed by atoms with Crippen LogP contribution in [0.4, 0.5) is 8.78 Å². The molecule has 0 saturated heterocycles. The van der Waals surface area contributed by atoms with Gasteiger partial charge in [0.25, 0.3) is 0 Å². The van der Waals surface area contributed by atoms with Crippen molar-refractivity contribution in [2.75, 3.05) is 0 Å². The second-order valence-corrected chi connectivity index (χ2v) is 7.99. The SMILES string of the molecule is O=C(O)C1(S(=O)(=O)c2ccc(F)c(F)c2)CC2(CC2)C1. The highest BCUT2D eigenvalue weighted by Gasteiger charge is 2.70. The number of halogens is 2. The van der Waals surface area contributed by atoms with Crippen molar-refractivity contribution >= 4 is 15.8 Å². The van der Waals surface area contributed by atoms with Gasteiger partial charge >= 0.3 is 5.97 Å². The summed E-state index contributed by atoms with van der Waals surface area (Å²) in [5, 5.41) is 9.32. The minimum absolute atomic E-state index is 0.0522. The van der Waals surface area contributed by atoms with Crippen molar-refractivity contribution in [3.05, 3.63) is 29.8 Å². The van der Waals surface area contributed by atoms with E-state index in [0.717, 1.165) is 18.9 Å². The number of hydrogen-bond donors (Lipinski definition) is 1. The Balaban J connectivity index is 2.05. The van der Waals surface area contributed by atoms with Gasteiger partial charge in [-0.2, -0.15) is 0 Å². The van der Waals surface area contributed by atoms with Crippen molar-refractivity contribution in [2.45, 2.75) is 35.3 Å². The quantitative estimate of drug-likeness (QED) is 0.868. The van der Waals surface area contributed by atoms with E-state index in [1.807, 2.05) is 0 Å². The third kappa shape index (κ3) is 1.62. The van der Waals surface area contributed by atoms with Crippen LogP contribution in [0.3, 0.4) is 0 Å². The molecule has 2 fully saturated rings. The third-order valence-corrected chi connectivity index (χ3v) is 6.75. The van der Waals surface area contributed by atoms with Crippen molar-refractivity contribution < 1.29 is 27.1 Å². The van der Waals surface area contributed by atoms with Gasteiger partial charge in [0.2, 0.25) is 0 Å². The zero-order chi connectivity index (χ0) is 14.8. The molecular formula is C13H12F2O4S. The zero-order valence-electron chi connectivity index (χ0n) is 10.4. The Bertz CT molecular complexity index is 699. The lowest BCUT2D eigenvalue weighted by atomic mass is 9.71. The van der Waals surface area contributed by atoms with E-state index in [2.05, 4.69) is 0 Å². The molecule has 2 aliphatic carbocycles. The summed E-state index contributed by atoms with van der Waals surface area (Å²) in [7, 11) is -4.24. The van der Waals surface area contributed by atoms with E-state index in [-0.39, 0.29) is 18.3 Å². The summed E-state index contributed by atoms with van der Waals surface area (Å²) in [6.45, 7) is 0. The van der Waals surface area contributed by atoms with Crippen LogP contribution in [0.25, 0.3) is 0 Å². The van der Waals surface area contributed by atoms with E-state index in [0.29, 0.717) is 12.1 Å². The molecule has 1 spiro atoms. The normalized spacial score (nSPS) is 22.3. The number of carbonyl (C=O) groups is 1. The first-order valence-electron chi connectivity index (χ1n) is 6.16. The molecule has 0 bridgehead atoms. The molecular weight excluding hydrogens is 290 g/mol. The molecule has 3 rings (SSSR count). The van der Waals surface area contributed by atoms with Gasteiger partial charge in [-0.25, -0.2) is 17.2 Å². The van der Waals surface area contributed by atoms with Crippen LogP contribution in [0.5, 0.6) is 0 Å². The number of hydrogen-bond acceptors (Lipinski definition) is 3. The first-order chi connectivity index (χ1) is 9.22. The van der Waals surface area contributed by atoms with Gasteiger partial charge in [0.1, 0.15) is 0 Å². The van der Waals surface area contributed by atoms with E-state index in [9.17, 15) is 27.1 Å². The van der Waals surface area contributed by atoms with Gasteiger partial charge in [-0.1, -0.05) is 0 Å². The Kier molecular flexibility index (Phi) is 2.55. The lowest BCUT2D eigenvalue weighted by Crippen LogP contribution is -2.57. The highest BCUT2D eigenvalue weighted by atomic mass is 32.2. The predicted molar refractivity (Wildman–Crippen MR) is 64.8 cm³/mol. The van der Waals surface area contributed by atoms with E-state index in [1.165, 1.54) is 0 Å². The minimum Gasteiger partial charge on any atom is -0.480 e. The Morgan fingerprint density at radius 2 is 1.75 bits per heavy atom. The lowest BCUT2D eigenvalue weighted by molar-refractivity contribution is -0.144. The molecule has 0 aliphatic heterocycles. The highest BCUT2D eigenvalue weighted by molar-refractivity contribution is 7.93. The van der Waals surface area contributed by atoms with Crippen molar-refractivity contribution in [3.63, 3.8) is 0 Å². The van der Waals surface area contributed by atoms with E-state index in [1.54, 1.807) is 0 Å². The number of aliphatic carboxylic acids is 1.